The lowest BCUT2D eigenvalue weighted by Crippen LogP contribution is -2.08. The van der Waals surface area contributed by atoms with Gasteiger partial charge in [-0.15, -0.1) is 5.75 Å². The summed E-state index contributed by atoms with van der Waals surface area (Å²) >= 11 is 0. The Morgan fingerprint density at radius 2 is 2.07 bits per heavy atom. The predicted molar refractivity (Wildman–Crippen MR) is 52.0 cm³/mol. The Kier molecular flexibility index (Phi) is 3.07. The highest BCUT2D eigenvalue weighted by Crippen LogP contribution is 2.18. The van der Waals surface area contributed by atoms with Crippen LogP contribution in [0.15, 0.2) is 24.3 Å². The zero-order chi connectivity index (χ0) is 11.4. The SMILES string of the molecule is Nc1ccc([O-])c(/C=C/C(=O)C(=O)O)c1. The van der Waals surface area contributed by atoms with Crippen LogP contribution in [0.3, 0.4) is 0 Å². The van der Waals surface area contributed by atoms with Gasteiger partial charge in [-0.05, 0) is 23.8 Å². The molecule has 5 heteroatoms. The maximum absolute atomic E-state index is 11.2. The number of ketones is 1. The van der Waals surface area contributed by atoms with E-state index < -0.39 is 11.8 Å². The largest absolute Gasteiger partial charge is 0.872 e. The average molecular weight is 206 g/mol. The molecule has 0 radical (unpaired) electrons. The molecule has 0 unspecified atom stereocenters. The Labute approximate surface area is 85.5 Å². The van der Waals surface area contributed by atoms with Crippen LogP contribution in [0.1, 0.15) is 5.56 Å². The Morgan fingerprint density at radius 3 is 2.67 bits per heavy atom. The third-order valence-electron chi connectivity index (χ3n) is 1.66. The van der Waals surface area contributed by atoms with Crippen molar-refractivity contribution in [2.45, 2.75) is 0 Å². The van der Waals surface area contributed by atoms with Gasteiger partial charge in [-0.25, -0.2) is 4.79 Å². The minimum Gasteiger partial charge on any atom is -0.872 e. The summed E-state index contributed by atoms with van der Waals surface area (Å²) in [4.78, 5) is 20.9. The summed E-state index contributed by atoms with van der Waals surface area (Å²) in [6.45, 7) is 0. The third kappa shape index (κ3) is 2.84. The molecule has 0 atom stereocenters. The van der Waals surface area contributed by atoms with Crippen molar-refractivity contribution in [2.24, 2.45) is 0 Å². The molecule has 0 saturated carbocycles. The van der Waals surface area contributed by atoms with Gasteiger partial charge >= 0.3 is 5.97 Å². The van der Waals surface area contributed by atoms with Gasteiger partial charge in [-0.1, -0.05) is 12.1 Å². The van der Waals surface area contributed by atoms with Crippen molar-refractivity contribution in [3.8, 4) is 5.75 Å². The summed E-state index contributed by atoms with van der Waals surface area (Å²) < 4.78 is 0. The van der Waals surface area contributed by atoms with E-state index in [1.54, 1.807) is 0 Å². The molecule has 0 aromatic heterocycles. The van der Waals surface area contributed by atoms with Crippen LogP contribution in [0.25, 0.3) is 6.08 Å². The van der Waals surface area contributed by atoms with Gasteiger partial charge in [0, 0.05) is 5.69 Å². The molecule has 1 aromatic carbocycles. The maximum Gasteiger partial charge on any atom is 0.376 e. The fourth-order valence-electron chi connectivity index (χ4n) is 0.934. The van der Waals surface area contributed by atoms with E-state index in [4.69, 9.17) is 10.8 Å². The van der Waals surface area contributed by atoms with Crippen LogP contribution in [-0.4, -0.2) is 16.9 Å². The number of carbonyl (C=O) groups excluding carboxylic acids is 1. The molecule has 3 N–H and O–H groups in total. The van der Waals surface area contributed by atoms with E-state index in [1.807, 2.05) is 0 Å². The van der Waals surface area contributed by atoms with Crippen molar-refractivity contribution < 1.29 is 19.8 Å². The van der Waals surface area contributed by atoms with Crippen molar-refractivity contribution in [3.63, 3.8) is 0 Å². The molecule has 78 valence electrons. The van der Waals surface area contributed by atoms with E-state index >= 15 is 0 Å². The molecule has 0 amide bonds. The number of carbonyl (C=O) groups is 2. The van der Waals surface area contributed by atoms with Gasteiger partial charge in [0.1, 0.15) is 0 Å². The van der Waals surface area contributed by atoms with Crippen molar-refractivity contribution in [1.82, 2.24) is 0 Å². The van der Waals surface area contributed by atoms with E-state index in [0.29, 0.717) is 5.69 Å². The van der Waals surface area contributed by atoms with Crippen molar-refractivity contribution in [1.29, 1.82) is 0 Å². The van der Waals surface area contributed by atoms with Crippen LogP contribution >= 0.6 is 0 Å². The fraction of sp³-hybridized carbons (Fsp3) is 0. The number of carboxylic acids is 1. The molecule has 0 bridgehead atoms. The zero-order valence-corrected chi connectivity index (χ0v) is 7.64. The summed E-state index contributed by atoms with van der Waals surface area (Å²) in [6, 6.07) is 4.05. The number of anilines is 1. The minimum absolute atomic E-state index is 0.185. The lowest BCUT2D eigenvalue weighted by molar-refractivity contribution is -0.268. The van der Waals surface area contributed by atoms with Gasteiger partial charge < -0.3 is 15.9 Å². The van der Waals surface area contributed by atoms with E-state index in [-0.39, 0.29) is 11.3 Å². The van der Waals surface area contributed by atoms with Crippen molar-refractivity contribution >= 4 is 23.5 Å². The Morgan fingerprint density at radius 1 is 1.40 bits per heavy atom. The monoisotopic (exact) mass is 206 g/mol. The second kappa shape index (κ2) is 4.28. The molecule has 5 nitrogen and oxygen atoms in total. The smallest absolute Gasteiger partial charge is 0.376 e. The fourth-order valence-corrected chi connectivity index (χ4v) is 0.934. The number of rotatable bonds is 3. The Balaban J connectivity index is 2.94. The first-order chi connectivity index (χ1) is 7.00. The molecule has 0 fully saturated rings. The molecule has 0 heterocycles. The van der Waals surface area contributed by atoms with E-state index in [9.17, 15) is 14.7 Å². The average Bonchev–Trinajstić information content (AvgIpc) is 2.18. The summed E-state index contributed by atoms with van der Waals surface area (Å²) in [6.07, 6.45) is 1.95. The van der Waals surface area contributed by atoms with Gasteiger partial charge in [0.2, 0.25) is 0 Å². The number of hydrogen-bond donors (Lipinski definition) is 2. The lowest BCUT2D eigenvalue weighted by atomic mass is 10.1. The van der Waals surface area contributed by atoms with Gasteiger partial charge in [0.05, 0.1) is 0 Å². The second-order valence-corrected chi connectivity index (χ2v) is 2.80. The highest BCUT2D eigenvalue weighted by atomic mass is 16.4. The molecular formula is C10H8NO4-. The highest BCUT2D eigenvalue weighted by molar-refractivity contribution is 6.38. The summed E-state index contributed by atoms with van der Waals surface area (Å²) in [7, 11) is 0. The van der Waals surface area contributed by atoms with Crippen molar-refractivity contribution in [2.75, 3.05) is 5.73 Å². The molecule has 1 aromatic rings. The van der Waals surface area contributed by atoms with E-state index in [1.165, 1.54) is 18.2 Å². The number of nitrogens with two attached hydrogens (primary N) is 1. The van der Waals surface area contributed by atoms with Crippen LogP contribution in [0, 0.1) is 0 Å². The van der Waals surface area contributed by atoms with E-state index in [2.05, 4.69) is 0 Å². The molecule has 0 aliphatic rings. The molecule has 0 aliphatic heterocycles. The second-order valence-electron chi connectivity index (χ2n) is 2.80. The topological polar surface area (TPSA) is 103 Å². The predicted octanol–water partition coefficient (Wildman–Crippen LogP) is 0.00930. The molecule has 0 aliphatic carbocycles. The summed E-state index contributed by atoms with van der Waals surface area (Å²) in [5.74, 6) is -2.97. The lowest BCUT2D eigenvalue weighted by Gasteiger charge is -2.09. The first-order valence-corrected chi connectivity index (χ1v) is 4.02. The van der Waals surface area contributed by atoms with Crippen LogP contribution < -0.4 is 10.8 Å². The van der Waals surface area contributed by atoms with Gasteiger partial charge in [0.15, 0.2) is 0 Å². The molecule has 0 saturated heterocycles. The number of benzene rings is 1. The number of hydrogen-bond acceptors (Lipinski definition) is 4. The first kappa shape index (κ1) is 10.8. The summed E-state index contributed by atoms with van der Waals surface area (Å²) in [5.41, 5.74) is 5.98. The van der Waals surface area contributed by atoms with Crippen LogP contribution in [0.4, 0.5) is 5.69 Å². The Hall–Kier alpha value is -2.30. The normalized spacial score (nSPS) is 10.4. The van der Waals surface area contributed by atoms with Crippen LogP contribution in [0.2, 0.25) is 0 Å². The number of nitrogen functional groups attached to an aromatic ring is 1. The number of carboxylic acid groups (broad SMARTS) is 1. The summed E-state index contributed by atoms with van der Waals surface area (Å²) in [5, 5.41) is 19.5. The number of aliphatic carboxylic acids is 1. The van der Waals surface area contributed by atoms with Crippen LogP contribution in [-0.2, 0) is 9.59 Å². The van der Waals surface area contributed by atoms with Gasteiger partial charge in [-0.3, -0.25) is 4.79 Å². The van der Waals surface area contributed by atoms with Crippen molar-refractivity contribution in [3.05, 3.63) is 29.8 Å². The minimum atomic E-state index is -1.57. The van der Waals surface area contributed by atoms with Crippen LogP contribution in [0.5, 0.6) is 5.75 Å². The quantitative estimate of drug-likeness (QED) is 0.412. The van der Waals surface area contributed by atoms with E-state index in [0.717, 1.165) is 12.2 Å². The zero-order valence-electron chi connectivity index (χ0n) is 7.64. The first-order valence-electron chi connectivity index (χ1n) is 4.02. The highest BCUT2D eigenvalue weighted by Gasteiger charge is 2.05. The molecule has 15 heavy (non-hydrogen) atoms. The molecule has 0 spiro atoms. The van der Waals surface area contributed by atoms with Gasteiger partial charge in [0.25, 0.3) is 5.78 Å². The van der Waals surface area contributed by atoms with Gasteiger partial charge in [-0.2, -0.15) is 0 Å². The maximum atomic E-state index is 11.2. The molecular weight excluding hydrogens is 198 g/mol. The third-order valence-corrected chi connectivity index (χ3v) is 1.66. The standard InChI is InChI=1S/C10H9NO4/c11-7-2-4-8(12)6(5-7)1-3-9(13)10(14)15/h1-5,12H,11H2,(H,14,15)/p-1/b3-1+. The Bertz CT molecular complexity index is 437. The molecule has 1 rings (SSSR count).